The molecule has 1 saturated heterocycles. The molecule has 2 heterocycles. The van der Waals surface area contributed by atoms with Crippen LogP contribution in [0, 0.1) is 5.92 Å². The molecular formula is C10H13NO5S. The summed E-state index contributed by atoms with van der Waals surface area (Å²) in [7, 11) is 1.36. The van der Waals surface area contributed by atoms with Crippen molar-refractivity contribution in [3.63, 3.8) is 0 Å². The first-order valence-corrected chi connectivity index (χ1v) is 5.89. The fraction of sp³-hybridized carbons (Fsp3) is 0.600. The smallest absolute Gasteiger partial charge is 0.357 e. The highest BCUT2D eigenvalue weighted by atomic mass is 32.2. The average Bonchev–Trinajstić information content (AvgIpc) is 2.46. The van der Waals surface area contributed by atoms with Crippen molar-refractivity contribution in [2.24, 2.45) is 5.92 Å². The maximum atomic E-state index is 11.9. The van der Waals surface area contributed by atoms with Gasteiger partial charge in [0.05, 0.1) is 19.1 Å². The Kier molecular flexibility index (Phi) is 2.62. The number of β-lactam (4-membered cyclic amide) rings is 1. The molecule has 1 amide bonds. The lowest BCUT2D eigenvalue weighted by Gasteiger charge is -2.51. The summed E-state index contributed by atoms with van der Waals surface area (Å²) in [5.74, 6) is -2.18. The molecule has 0 aliphatic carbocycles. The largest absolute Gasteiger partial charge is 0.488 e. The second kappa shape index (κ2) is 3.64. The Morgan fingerprint density at radius 2 is 2.24 bits per heavy atom. The molecule has 0 radical (unpaired) electrons. The first-order chi connectivity index (χ1) is 7.84. The van der Waals surface area contributed by atoms with E-state index in [1.54, 1.807) is 6.92 Å². The molecule has 0 aromatic carbocycles. The van der Waals surface area contributed by atoms with Gasteiger partial charge < -0.3 is 14.9 Å². The van der Waals surface area contributed by atoms with Crippen molar-refractivity contribution in [3.05, 3.63) is 10.8 Å². The van der Waals surface area contributed by atoms with Crippen LogP contribution in [0.4, 0.5) is 0 Å². The Labute approximate surface area is 102 Å². The molecule has 17 heavy (non-hydrogen) atoms. The summed E-state index contributed by atoms with van der Waals surface area (Å²) >= 11 is 1.16. The number of aliphatic hydroxyl groups is 1. The van der Waals surface area contributed by atoms with Gasteiger partial charge in [-0.1, -0.05) is 11.8 Å². The number of carboxylic acids is 1. The molecule has 94 valence electrons. The normalized spacial score (nSPS) is 33.3. The van der Waals surface area contributed by atoms with E-state index in [4.69, 9.17) is 9.84 Å². The van der Waals surface area contributed by atoms with Crippen molar-refractivity contribution in [1.82, 2.24) is 4.90 Å². The number of rotatable bonds is 3. The summed E-state index contributed by atoms with van der Waals surface area (Å²) in [6.07, 6.45) is -0.817. The van der Waals surface area contributed by atoms with E-state index in [9.17, 15) is 14.7 Å². The van der Waals surface area contributed by atoms with E-state index in [0.29, 0.717) is 0 Å². The third-order valence-electron chi connectivity index (χ3n) is 3.09. The number of hydrogen-bond donors (Lipinski definition) is 2. The Balaban J connectivity index is 2.40. The highest BCUT2D eigenvalue weighted by molar-refractivity contribution is 8.04. The van der Waals surface area contributed by atoms with Crippen LogP contribution in [0.25, 0.3) is 0 Å². The van der Waals surface area contributed by atoms with Crippen LogP contribution in [-0.4, -0.2) is 45.1 Å². The van der Waals surface area contributed by atoms with E-state index >= 15 is 0 Å². The second-order valence-corrected chi connectivity index (χ2v) is 5.60. The number of carbonyl (C=O) groups is 2. The maximum absolute atomic E-state index is 11.9. The van der Waals surface area contributed by atoms with Crippen LogP contribution in [0.1, 0.15) is 13.8 Å². The maximum Gasteiger partial charge on any atom is 0.357 e. The molecule has 2 N–H and O–H groups in total. The van der Waals surface area contributed by atoms with Gasteiger partial charge >= 0.3 is 5.97 Å². The first-order valence-electron chi connectivity index (χ1n) is 5.07. The molecule has 6 nitrogen and oxygen atoms in total. The zero-order valence-electron chi connectivity index (χ0n) is 9.63. The number of ether oxygens (including phenoxy) is 1. The summed E-state index contributed by atoms with van der Waals surface area (Å²) in [4.78, 5) is 23.4. The van der Waals surface area contributed by atoms with Gasteiger partial charge in [-0.05, 0) is 13.8 Å². The minimum Gasteiger partial charge on any atom is -0.488 e. The Hall–Kier alpha value is -1.21. The standard InChI is InChI=1S/C10H13NO5S/c1-4(12)5-7(13)11-6(8(14)15)9(16-3)17-10(5,11)2/h4-5,12H,1-3H3,(H,14,15)/t4-,5+,10-/m1/s1. The van der Waals surface area contributed by atoms with Crippen molar-refractivity contribution in [3.8, 4) is 0 Å². The number of hydrogen-bond acceptors (Lipinski definition) is 5. The van der Waals surface area contributed by atoms with Crippen LogP contribution in [0.2, 0.25) is 0 Å². The van der Waals surface area contributed by atoms with Crippen molar-refractivity contribution < 1.29 is 24.5 Å². The van der Waals surface area contributed by atoms with Crippen molar-refractivity contribution in [2.75, 3.05) is 7.11 Å². The zero-order valence-corrected chi connectivity index (χ0v) is 10.4. The number of carbonyl (C=O) groups excluding carboxylic acids is 1. The number of aliphatic carboxylic acids is 1. The van der Waals surface area contributed by atoms with Crippen molar-refractivity contribution in [2.45, 2.75) is 24.8 Å². The van der Waals surface area contributed by atoms with E-state index in [-0.39, 0.29) is 16.7 Å². The molecule has 7 heteroatoms. The molecule has 0 aromatic heterocycles. The molecule has 0 spiro atoms. The number of thioether (sulfide) groups is 1. The fourth-order valence-electron chi connectivity index (χ4n) is 2.40. The summed E-state index contributed by atoms with van der Waals surface area (Å²) in [6.45, 7) is 3.25. The van der Waals surface area contributed by atoms with Crippen molar-refractivity contribution >= 4 is 23.6 Å². The Morgan fingerprint density at radius 1 is 1.65 bits per heavy atom. The zero-order chi connectivity index (χ0) is 13.0. The van der Waals surface area contributed by atoms with Gasteiger partial charge in [-0.15, -0.1) is 0 Å². The van der Waals surface area contributed by atoms with Crippen molar-refractivity contribution in [1.29, 1.82) is 0 Å². The first kappa shape index (κ1) is 12.3. The number of carboxylic acid groups (broad SMARTS) is 1. The minimum atomic E-state index is -1.20. The number of nitrogens with zero attached hydrogens (tertiary/aromatic N) is 1. The van der Waals surface area contributed by atoms with Gasteiger partial charge in [0.1, 0.15) is 4.87 Å². The van der Waals surface area contributed by atoms with Gasteiger partial charge in [-0.3, -0.25) is 9.69 Å². The molecule has 0 aromatic rings. The van der Waals surface area contributed by atoms with Gasteiger partial charge in [0.15, 0.2) is 10.8 Å². The molecule has 1 fully saturated rings. The molecule has 2 aliphatic heterocycles. The monoisotopic (exact) mass is 259 g/mol. The van der Waals surface area contributed by atoms with Gasteiger partial charge in [-0.25, -0.2) is 4.79 Å². The van der Waals surface area contributed by atoms with E-state index < -0.39 is 22.9 Å². The number of fused-ring (bicyclic) bond motifs is 1. The lowest BCUT2D eigenvalue weighted by atomic mass is 9.83. The van der Waals surface area contributed by atoms with Gasteiger partial charge in [0.25, 0.3) is 0 Å². The van der Waals surface area contributed by atoms with Crippen LogP contribution in [-0.2, 0) is 14.3 Å². The number of aliphatic hydroxyl groups excluding tert-OH is 1. The Bertz CT molecular complexity index is 432. The van der Waals surface area contributed by atoms with Gasteiger partial charge in [0, 0.05) is 0 Å². The van der Waals surface area contributed by atoms with E-state index in [1.165, 1.54) is 18.9 Å². The minimum absolute atomic E-state index is 0.137. The van der Waals surface area contributed by atoms with E-state index in [2.05, 4.69) is 0 Å². The van der Waals surface area contributed by atoms with Gasteiger partial charge in [-0.2, -0.15) is 0 Å². The number of methoxy groups -OCH3 is 1. The third kappa shape index (κ3) is 1.39. The van der Waals surface area contributed by atoms with Crippen LogP contribution in [0.15, 0.2) is 10.8 Å². The van der Waals surface area contributed by atoms with Crippen LogP contribution < -0.4 is 0 Å². The molecule has 2 aliphatic rings. The highest BCUT2D eigenvalue weighted by Crippen LogP contribution is 2.58. The lowest BCUT2D eigenvalue weighted by Crippen LogP contribution is -2.68. The SMILES string of the molecule is COC1=C(C(=O)O)N2C(=O)[C@H]([C@@H](C)O)[C@@]2(C)S1. The van der Waals surface area contributed by atoms with Crippen LogP contribution in [0.5, 0.6) is 0 Å². The number of amides is 1. The van der Waals surface area contributed by atoms with E-state index in [1.807, 2.05) is 0 Å². The Morgan fingerprint density at radius 3 is 2.65 bits per heavy atom. The average molecular weight is 259 g/mol. The predicted molar refractivity (Wildman–Crippen MR) is 59.7 cm³/mol. The molecule has 0 bridgehead atoms. The van der Waals surface area contributed by atoms with Crippen LogP contribution >= 0.6 is 11.8 Å². The summed E-state index contributed by atoms with van der Waals surface area (Å²) in [6, 6.07) is 0. The lowest BCUT2D eigenvalue weighted by molar-refractivity contribution is -0.165. The quantitative estimate of drug-likeness (QED) is 0.703. The molecule has 3 atom stereocenters. The predicted octanol–water partition coefficient (Wildman–Crippen LogP) is 0.189. The van der Waals surface area contributed by atoms with E-state index in [0.717, 1.165) is 11.8 Å². The highest BCUT2D eigenvalue weighted by Gasteiger charge is 2.66. The fourth-order valence-corrected chi connectivity index (χ4v) is 3.83. The third-order valence-corrected chi connectivity index (χ3v) is 4.49. The molecular weight excluding hydrogens is 246 g/mol. The van der Waals surface area contributed by atoms with Crippen LogP contribution in [0.3, 0.4) is 0 Å². The topological polar surface area (TPSA) is 87.1 Å². The summed E-state index contributed by atoms with van der Waals surface area (Å²) < 4.78 is 4.99. The van der Waals surface area contributed by atoms with Gasteiger partial charge in [0.2, 0.25) is 5.91 Å². The summed E-state index contributed by atoms with van der Waals surface area (Å²) in [5, 5.41) is 18.9. The second-order valence-electron chi connectivity index (χ2n) is 4.19. The molecule has 0 unspecified atom stereocenters. The molecule has 2 rings (SSSR count). The molecule has 0 saturated carbocycles. The summed E-state index contributed by atoms with van der Waals surface area (Å²) in [5.41, 5.74) is -0.137.